The Balaban J connectivity index is 0.00000385. The Hall–Kier alpha value is -2.12. The average Bonchev–Trinajstić information content (AvgIpc) is 3.19. The Kier molecular flexibility index (Phi) is 8.17. The Morgan fingerprint density at radius 1 is 1.28 bits per heavy atom. The molecule has 0 aliphatic carbocycles. The van der Waals surface area contributed by atoms with Crippen molar-refractivity contribution in [3.05, 3.63) is 45.2 Å². The Labute approximate surface area is 200 Å². The SMILES string of the molecule is COc1ccc([C@H](CC2CCN(C(=O)CC(C)(C)C)CC2)NC(=O)c2ccc(Cl)s2)cn1.[HH]. The van der Waals surface area contributed by atoms with Crippen molar-refractivity contribution in [2.45, 2.75) is 52.5 Å². The number of carbonyl (C=O) groups is 2. The van der Waals surface area contributed by atoms with E-state index in [-0.39, 0.29) is 24.7 Å². The number of halogens is 1. The van der Waals surface area contributed by atoms with Gasteiger partial charge in [-0.1, -0.05) is 38.4 Å². The quantitative estimate of drug-likeness (QED) is 0.562. The molecule has 3 rings (SSSR count). The zero-order chi connectivity index (χ0) is 23.3. The van der Waals surface area contributed by atoms with Gasteiger partial charge in [0.2, 0.25) is 11.8 Å². The van der Waals surface area contributed by atoms with Gasteiger partial charge in [0.25, 0.3) is 5.91 Å². The summed E-state index contributed by atoms with van der Waals surface area (Å²) >= 11 is 7.28. The number of methoxy groups -OCH3 is 1. The maximum absolute atomic E-state index is 12.8. The van der Waals surface area contributed by atoms with Gasteiger partial charge in [-0.2, -0.15) is 0 Å². The van der Waals surface area contributed by atoms with E-state index < -0.39 is 0 Å². The van der Waals surface area contributed by atoms with Crippen LogP contribution in [0.5, 0.6) is 5.88 Å². The van der Waals surface area contributed by atoms with Gasteiger partial charge in [-0.25, -0.2) is 4.98 Å². The number of rotatable bonds is 7. The molecule has 0 saturated carbocycles. The first-order chi connectivity index (χ1) is 15.1. The van der Waals surface area contributed by atoms with Crippen LogP contribution in [-0.2, 0) is 4.79 Å². The van der Waals surface area contributed by atoms with E-state index in [4.69, 9.17) is 16.3 Å². The van der Waals surface area contributed by atoms with Crippen molar-refractivity contribution in [3.8, 4) is 5.88 Å². The molecular formula is C24H34ClN3O3S. The summed E-state index contributed by atoms with van der Waals surface area (Å²) < 4.78 is 5.76. The average molecular weight is 480 g/mol. The number of nitrogens with one attached hydrogen (secondary N) is 1. The molecule has 3 heterocycles. The van der Waals surface area contributed by atoms with Crippen LogP contribution >= 0.6 is 22.9 Å². The summed E-state index contributed by atoms with van der Waals surface area (Å²) in [7, 11) is 1.58. The van der Waals surface area contributed by atoms with Gasteiger partial charge in [-0.15, -0.1) is 11.3 Å². The van der Waals surface area contributed by atoms with E-state index in [0.717, 1.165) is 37.9 Å². The minimum atomic E-state index is -0.177. The van der Waals surface area contributed by atoms with Crippen molar-refractivity contribution >= 4 is 34.8 Å². The molecule has 0 aromatic carbocycles. The van der Waals surface area contributed by atoms with Crippen molar-refractivity contribution in [2.24, 2.45) is 11.3 Å². The van der Waals surface area contributed by atoms with Gasteiger partial charge >= 0.3 is 0 Å². The lowest BCUT2D eigenvalue weighted by molar-refractivity contribution is -0.134. The first-order valence-corrected chi connectivity index (χ1v) is 12.2. The van der Waals surface area contributed by atoms with Crippen molar-refractivity contribution in [2.75, 3.05) is 20.2 Å². The fourth-order valence-electron chi connectivity index (χ4n) is 3.98. The molecule has 1 saturated heterocycles. The molecule has 1 aliphatic rings. The van der Waals surface area contributed by atoms with Gasteiger partial charge in [0.15, 0.2) is 0 Å². The fourth-order valence-corrected chi connectivity index (χ4v) is 4.93. The molecule has 0 bridgehead atoms. The Morgan fingerprint density at radius 2 is 2.00 bits per heavy atom. The van der Waals surface area contributed by atoms with Gasteiger partial charge in [-0.3, -0.25) is 9.59 Å². The summed E-state index contributed by atoms with van der Waals surface area (Å²) in [6.45, 7) is 7.81. The van der Waals surface area contributed by atoms with E-state index in [1.807, 2.05) is 17.0 Å². The number of pyridine rings is 1. The second kappa shape index (κ2) is 10.7. The highest BCUT2D eigenvalue weighted by Gasteiger charge is 2.28. The zero-order valence-corrected chi connectivity index (χ0v) is 20.8. The molecule has 2 aromatic rings. The highest BCUT2D eigenvalue weighted by atomic mass is 35.5. The smallest absolute Gasteiger partial charge is 0.261 e. The lowest BCUT2D eigenvalue weighted by atomic mass is 9.87. The predicted molar refractivity (Wildman–Crippen MR) is 130 cm³/mol. The van der Waals surface area contributed by atoms with Crippen molar-refractivity contribution < 1.29 is 15.8 Å². The topological polar surface area (TPSA) is 71.5 Å². The number of likely N-dealkylation sites (tertiary alicyclic amines) is 1. The summed E-state index contributed by atoms with van der Waals surface area (Å²) in [6, 6.07) is 7.05. The van der Waals surface area contributed by atoms with E-state index in [0.29, 0.717) is 27.4 Å². The molecular weight excluding hydrogens is 446 g/mol. The molecule has 1 aliphatic heterocycles. The number of nitrogens with zero attached hydrogens (tertiary/aromatic N) is 2. The van der Waals surface area contributed by atoms with Crippen LogP contribution in [-0.4, -0.2) is 41.9 Å². The van der Waals surface area contributed by atoms with E-state index in [1.165, 1.54) is 11.3 Å². The molecule has 2 aromatic heterocycles. The van der Waals surface area contributed by atoms with Crippen LogP contribution in [0.4, 0.5) is 0 Å². The van der Waals surface area contributed by atoms with Crippen molar-refractivity contribution in [1.29, 1.82) is 0 Å². The number of hydrogen-bond acceptors (Lipinski definition) is 5. The van der Waals surface area contributed by atoms with Gasteiger partial charge in [0.05, 0.1) is 22.4 Å². The summed E-state index contributed by atoms with van der Waals surface area (Å²) in [6.07, 6.45) is 4.97. The standard InChI is InChI=1S/C24H32ClN3O3S.H2/c1-24(2,3)14-22(29)28-11-9-16(10-12-28)13-18(17-5-8-21(31-4)26-15-17)27-23(30)19-6-7-20(25)32-19;/h5-8,15-16,18H,9-14H2,1-4H3,(H,27,30);1H/t18-;/m0./s1. The third-order valence-electron chi connectivity index (χ3n) is 5.69. The van der Waals surface area contributed by atoms with Crippen LogP contribution in [0.3, 0.4) is 0 Å². The molecule has 0 radical (unpaired) electrons. The minimum absolute atomic E-state index is 0. The summed E-state index contributed by atoms with van der Waals surface area (Å²) in [5.74, 6) is 1.04. The molecule has 1 fully saturated rings. The maximum Gasteiger partial charge on any atom is 0.261 e. The molecule has 2 amide bonds. The van der Waals surface area contributed by atoms with Crippen LogP contribution in [0.1, 0.15) is 69.2 Å². The molecule has 176 valence electrons. The van der Waals surface area contributed by atoms with Gasteiger partial charge in [0.1, 0.15) is 0 Å². The summed E-state index contributed by atoms with van der Waals surface area (Å²) in [5.41, 5.74) is 0.933. The van der Waals surface area contributed by atoms with E-state index >= 15 is 0 Å². The highest BCUT2D eigenvalue weighted by Crippen LogP contribution is 2.31. The fraction of sp³-hybridized carbons (Fsp3) is 0.542. The maximum atomic E-state index is 12.8. The second-order valence-corrected chi connectivity index (χ2v) is 11.3. The molecule has 1 atom stereocenters. The first kappa shape index (κ1) is 24.5. The monoisotopic (exact) mass is 479 g/mol. The Morgan fingerprint density at radius 3 is 2.53 bits per heavy atom. The molecule has 6 nitrogen and oxygen atoms in total. The molecule has 0 unspecified atom stereocenters. The lowest BCUT2D eigenvalue weighted by Crippen LogP contribution is -2.40. The normalized spacial score (nSPS) is 16.0. The van der Waals surface area contributed by atoms with Crippen LogP contribution in [0.25, 0.3) is 0 Å². The number of thiophene rings is 1. The van der Waals surface area contributed by atoms with E-state index in [9.17, 15) is 9.59 Å². The van der Waals surface area contributed by atoms with Crippen molar-refractivity contribution in [1.82, 2.24) is 15.2 Å². The number of aromatic nitrogens is 1. The molecule has 8 heteroatoms. The van der Waals surface area contributed by atoms with Crippen molar-refractivity contribution in [3.63, 3.8) is 0 Å². The van der Waals surface area contributed by atoms with Gasteiger partial charge in [0, 0.05) is 33.2 Å². The predicted octanol–water partition coefficient (Wildman–Crippen LogP) is 5.59. The van der Waals surface area contributed by atoms with E-state index in [1.54, 1.807) is 25.4 Å². The number of hydrogen-bond donors (Lipinski definition) is 1. The zero-order valence-electron chi connectivity index (χ0n) is 19.2. The Bertz CT molecular complexity index is 922. The lowest BCUT2D eigenvalue weighted by Gasteiger charge is -2.35. The van der Waals surface area contributed by atoms with E-state index in [2.05, 4.69) is 31.1 Å². The first-order valence-electron chi connectivity index (χ1n) is 11.0. The van der Waals surface area contributed by atoms with Crippen LogP contribution in [0.15, 0.2) is 30.5 Å². The molecule has 0 spiro atoms. The van der Waals surface area contributed by atoms with Crippen LogP contribution in [0.2, 0.25) is 4.34 Å². The van der Waals surface area contributed by atoms with Gasteiger partial charge < -0.3 is 15.0 Å². The number of piperidine rings is 1. The largest absolute Gasteiger partial charge is 0.481 e. The molecule has 32 heavy (non-hydrogen) atoms. The third-order valence-corrected chi connectivity index (χ3v) is 6.92. The minimum Gasteiger partial charge on any atom is -0.481 e. The number of ether oxygens (including phenoxy) is 1. The summed E-state index contributed by atoms with van der Waals surface area (Å²) in [4.78, 5) is 32.3. The highest BCUT2D eigenvalue weighted by molar-refractivity contribution is 7.18. The third kappa shape index (κ3) is 6.94. The number of amides is 2. The second-order valence-electron chi connectivity index (χ2n) is 9.56. The van der Waals surface area contributed by atoms with Gasteiger partial charge in [-0.05, 0) is 48.3 Å². The van der Waals surface area contributed by atoms with Crippen LogP contribution in [0, 0.1) is 11.3 Å². The molecule has 1 N–H and O–H groups in total. The number of carbonyl (C=O) groups excluding carboxylic acids is 2. The van der Waals surface area contributed by atoms with Crippen LogP contribution < -0.4 is 10.1 Å². The summed E-state index contributed by atoms with van der Waals surface area (Å²) in [5, 5.41) is 3.16.